The Morgan fingerprint density at radius 3 is 2.29 bits per heavy atom. The molecule has 0 spiro atoms. The van der Waals surface area contributed by atoms with Crippen molar-refractivity contribution < 1.29 is 22.7 Å². The molecule has 6 nitrogen and oxygen atoms in total. The molecule has 0 heterocycles. The standard InChI is InChI=1S/C17H19NO5S/c1-12-4-7-15(8-5-12)24(20,21)18-16-9-6-14(19)10-13(16)11-17(22-2)23-3/h4-10,17H,11H2,1-3H3/b18-16+. The third kappa shape index (κ3) is 4.47. The Morgan fingerprint density at radius 1 is 1.08 bits per heavy atom. The number of hydrogen-bond donors (Lipinski definition) is 0. The number of methoxy groups -OCH3 is 2. The molecule has 0 fully saturated rings. The number of hydrogen-bond acceptors (Lipinski definition) is 5. The summed E-state index contributed by atoms with van der Waals surface area (Å²) in [5.74, 6) is -0.234. The molecule has 0 aromatic heterocycles. The summed E-state index contributed by atoms with van der Waals surface area (Å²) >= 11 is 0. The number of benzene rings is 1. The van der Waals surface area contributed by atoms with Crippen LogP contribution in [0.4, 0.5) is 0 Å². The fourth-order valence-electron chi connectivity index (χ4n) is 2.15. The van der Waals surface area contributed by atoms with Crippen molar-refractivity contribution in [2.24, 2.45) is 4.40 Å². The van der Waals surface area contributed by atoms with E-state index in [0.29, 0.717) is 5.57 Å². The molecule has 0 N–H and O–H groups in total. The summed E-state index contributed by atoms with van der Waals surface area (Å²) in [6.07, 6.45) is 3.63. The zero-order valence-corrected chi connectivity index (χ0v) is 14.5. The number of carbonyl (C=O) groups excluding carboxylic acids is 1. The minimum absolute atomic E-state index is 0.0975. The number of sulfonamides is 1. The van der Waals surface area contributed by atoms with E-state index in [1.807, 2.05) is 6.92 Å². The molecule has 0 aliphatic heterocycles. The number of rotatable bonds is 6. The predicted molar refractivity (Wildman–Crippen MR) is 90.5 cm³/mol. The zero-order valence-electron chi connectivity index (χ0n) is 13.7. The average Bonchev–Trinajstić information content (AvgIpc) is 2.55. The summed E-state index contributed by atoms with van der Waals surface area (Å²) in [6.45, 7) is 1.87. The Bertz CT molecular complexity index is 800. The molecule has 0 saturated carbocycles. The lowest BCUT2D eigenvalue weighted by Crippen LogP contribution is -2.19. The van der Waals surface area contributed by atoms with Gasteiger partial charge in [-0.3, -0.25) is 4.79 Å². The second kappa shape index (κ2) is 7.65. The maximum absolute atomic E-state index is 12.5. The van der Waals surface area contributed by atoms with Gasteiger partial charge in [-0.2, -0.15) is 12.8 Å². The smallest absolute Gasteiger partial charge is 0.282 e. The highest BCUT2D eigenvalue weighted by atomic mass is 32.2. The Morgan fingerprint density at radius 2 is 1.71 bits per heavy atom. The SMILES string of the molecule is COC(CC1=CC(=O)C=C/C1=N\S(=O)(=O)c1ccc(C)cc1)OC. The van der Waals surface area contributed by atoms with Crippen molar-refractivity contribution >= 4 is 21.5 Å². The topological polar surface area (TPSA) is 82.0 Å². The molecule has 2 rings (SSSR count). The zero-order chi connectivity index (χ0) is 17.7. The van der Waals surface area contributed by atoms with Gasteiger partial charge < -0.3 is 9.47 Å². The summed E-state index contributed by atoms with van der Waals surface area (Å²) in [7, 11) is -0.939. The summed E-state index contributed by atoms with van der Waals surface area (Å²) < 4.78 is 39.0. The van der Waals surface area contributed by atoms with E-state index >= 15 is 0 Å². The van der Waals surface area contributed by atoms with Crippen LogP contribution in [0.25, 0.3) is 0 Å². The Kier molecular flexibility index (Phi) is 5.82. The molecule has 7 heteroatoms. The molecular formula is C17H19NO5S. The minimum Gasteiger partial charge on any atom is -0.356 e. The van der Waals surface area contributed by atoms with Crippen molar-refractivity contribution in [3.8, 4) is 0 Å². The third-order valence-electron chi connectivity index (χ3n) is 3.50. The molecule has 0 bridgehead atoms. The average molecular weight is 349 g/mol. The lowest BCUT2D eigenvalue weighted by Gasteiger charge is -2.17. The largest absolute Gasteiger partial charge is 0.356 e. The first kappa shape index (κ1) is 18.3. The van der Waals surface area contributed by atoms with E-state index < -0.39 is 16.3 Å². The number of carbonyl (C=O) groups is 1. The van der Waals surface area contributed by atoms with Gasteiger partial charge in [0.05, 0.1) is 10.6 Å². The molecule has 24 heavy (non-hydrogen) atoms. The van der Waals surface area contributed by atoms with Crippen LogP contribution in [0.2, 0.25) is 0 Å². The van der Waals surface area contributed by atoms with Gasteiger partial charge >= 0.3 is 0 Å². The number of nitrogens with zero attached hydrogens (tertiary/aromatic N) is 1. The van der Waals surface area contributed by atoms with Gasteiger partial charge in [-0.15, -0.1) is 0 Å². The molecule has 0 amide bonds. The molecule has 0 radical (unpaired) electrons. The van der Waals surface area contributed by atoms with E-state index in [2.05, 4.69) is 4.40 Å². The molecule has 1 aromatic carbocycles. The number of ketones is 1. The quantitative estimate of drug-likeness (QED) is 0.581. The van der Waals surface area contributed by atoms with E-state index in [-0.39, 0.29) is 22.8 Å². The third-order valence-corrected chi connectivity index (χ3v) is 4.81. The van der Waals surface area contributed by atoms with E-state index in [1.165, 1.54) is 44.6 Å². The fourth-order valence-corrected chi connectivity index (χ4v) is 3.17. The van der Waals surface area contributed by atoms with Crippen LogP contribution in [0.5, 0.6) is 0 Å². The number of ether oxygens (including phenoxy) is 2. The molecule has 1 aliphatic carbocycles. The maximum Gasteiger partial charge on any atom is 0.282 e. The highest BCUT2D eigenvalue weighted by Crippen LogP contribution is 2.20. The summed E-state index contributed by atoms with van der Waals surface area (Å²) in [5.41, 5.74) is 1.61. The second-order valence-electron chi connectivity index (χ2n) is 5.28. The van der Waals surface area contributed by atoms with Crippen LogP contribution >= 0.6 is 0 Å². The monoisotopic (exact) mass is 349 g/mol. The second-order valence-corrected chi connectivity index (χ2v) is 6.88. The van der Waals surface area contributed by atoms with Gasteiger partial charge in [-0.25, -0.2) is 0 Å². The van der Waals surface area contributed by atoms with Gasteiger partial charge in [0.15, 0.2) is 12.1 Å². The highest BCUT2D eigenvalue weighted by Gasteiger charge is 2.20. The van der Waals surface area contributed by atoms with Crippen LogP contribution in [0.15, 0.2) is 57.4 Å². The van der Waals surface area contributed by atoms with Crippen molar-refractivity contribution in [1.29, 1.82) is 0 Å². The van der Waals surface area contributed by atoms with Crippen LogP contribution in [0.1, 0.15) is 12.0 Å². The van der Waals surface area contributed by atoms with Gasteiger partial charge in [0.1, 0.15) is 0 Å². The predicted octanol–water partition coefficient (Wildman–Crippen LogP) is 2.20. The van der Waals surface area contributed by atoms with Crippen LogP contribution < -0.4 is 0 Å². The van der Waals surface area contributed by atoms with Gasteiger partial charge in [0.25, 0.3) is 10.0 Å². The summed E-state index contributed by atoms with van der Waals surface area (Å²) in [4.78, 5) is 11.7. The number of aryl methyl sites for hydroxylation is 1. The van der Waals surface area contributed by atoms with Crippen molar-refractivity contribution in [2.45, 2.75) is 24.5 Å². The molecular weight excluding hydrogens is 330 g/mol. The maximum atomic E-state index is 12.5. The Balaban J connectivity index is 2.37. The van der Waals surface area contributed by atoms with Crippen molar-refractivity contribution in [3.63, 3.8) is 0 Å². The first-order valence-electron chi connectivity index (χ1n) is 7.26. The van der Waals surface area contributed by atoms with Gasteiger partial charge in [-0.05, 0) is 42.9 Å². The Hall–Kier alpha value is -2.09. The van der Waals surface area contributed by atoms with Crippen LogP contribution in [0.3, 0.4) is 0 Å². The van der Waals surface area contributed by atoms with E-state index in [4.69, 9.17) is 9.47 Å². The van der Waals surface area contributed by atoms with Crippen LogP contribution in [-0.4, -0.2) is 40.4 Å². The molecule has 0 unspecified atom stereocenters. The molecule has 0 atom stereocenters. The van der Waals surface area contributed by atoms with E-state index in [1.54, 1.807) is 12.1 Å². The molecule has 1 aliphatic rings. The van der Waals surface area contributed by atoms with Crippen molar-refractivity contribution in [1.82, 2.24) is 0 Å². The van der Waals surface area contributed by atoms with Crippen molar-refractivity contribution in [2.75, 3.05) is 14.2 Å². The van der Waals surface area contributed by atoms with Gasteiger partial charge in [-0.1, -0.05) is 17.7 Å². The summed E-state index contributed by atoms with van der Waals surface area (Å²) in [5, 5.41) is 0. The normalized spacial score (nSPS) is 16.8. The van der Waals surface area contributed by atoms with Crippen LogP contribution in [-0.2, 0) is 24.3 Å². The summed E-state index contributed by atoms with van der Waals surface area (Å²) in [6, 6.07) is 6.41. The van der Waals surface area contributed by atoms with E-state index in [9.17, 15) is 13.2 Å². The minimum atomic E-state index is -3.87. The first-order valence-corrected chi connectivity index (χ1v) is 8.70. The fraction of sp³-hybridized carbons (Fsp3) is 0.294. The lowest BCUT2D eigenvalue weighted by atomic mass is 10.00. The van der Waals surface area contributed by atoms with E-state index in [0.717, 1.165) is 5.56 Å². The van der Waals surface area contributed by atoms with Gasteiger partial charge in [0.2, 0.25) is 0 Å². The molecule has 0 saturated heterocycles. The van der Waals surface area contributed by atoms with Crippen molar-refractivity contribution in [3.05, 3.63) is 53.6 Å². The first-order chi connectivity index (χ1) is 11.4. The number of allylic oxidation sites excluding steroid dienone is 3. The molecule has 1 aromatic rings. The molecule has 128 valence electrons. The van der Waals surface area contributed by atoms with Gasteiger partial charge in [0, 0.05) is 20.6 Å². The van der Waals surface area contributed by atoms with Crippen LogP contribution in [0, 0.1) is 6.92 Å². The lowest BCUT2D eigenvalue weighted by molar-refractivity contribution is -0.110. The Labute approximate surface area is 141 Å². The highest BCUT2D eigenvalue weighted by molar-refractivity contribution is 7.90.